The summed E-state index contributed by atoms with van der Waals surface area (Å²) in [6, 6.07) is 13.9. The third kappa shape index (κ3) is 4.55. The van der Waals surface area contributed by atoms with Gasteiger partial charge in [0, 0.05) is 6.04 Å². The maximum Gasteiger partial charge on any atom is 0.145 e. The molecule has 0 bridgehead atoms. The van der Waals surface area contributed by atoms with E-state index in [1.807, 2.05) is 0 Å². The van der Waals surface area contributed by atoms with Crippen LogP contribution in [0.15, 0.2) is 42.5 Å². The van der Waals surface area contributed by atoms with E-state index in [1.165, 1.54) is 11.1 Å². The molecule has 2 aromatic rings. The number of hydrogen-bond acceptors (Lipinski definition) is 1. The number of aryl methyl sites for hydroxylation is 1. The van der Waals surface area contributed by atoms with Gasteiger partial charge in [0.2, 0.25) is 0 Å². The molecule has 0 fully saturated rings. The standard InChI is InChI=1S/C18H21ClFN/c1-3-21-16(11-14-9-7-13(2)8-10-14)12-15-5-4-6-17(19)18(15)20/h4-10,16,21H,3,11-12H2,1-2H3. The second-order valence-electron chi connectivity index (χ2n) is 5.36. The summed E-state index contributed by atoms with van der Waals surface area (Å²) in [5.41, 5.74) is 3.18. The van der Waals surface area contributed by atoms with E-state index in [0.29, 0.717) is 12.0 Å². The second kappa shape index (κ2) is 7.58. The molecule has 21 heavy (non-hydrogen) atoms. The predicted molar refractivity (Wildman–Crippen MR) is 87.5 cm³/mol. The Morgan fingerprint density at radius 3 is 2.48 bits per heavy atom. The van der Waals surface area contributed by atoms with Crippen molar-refractivity contribution in [1.29, 1.82) is 0 Å². The van der Waals surface area contributed by atoms with E-state index < -0.39 is 0 Å². The lowest BCUT2D eigenvalue weighted by atomic mass is 9.98. The van der Waals surface area contributed by atoms with Gasteiger partial charge in [0.25, 0.3) is 0 Å². The molecule has 3 heteroatoms. The van der Waals surface area contributed by atoms with E-state index in [-0.39, 0.29) is 16.9 Å². The summed E-state index contributed by atoms with van der Waals surface area (Å²) >= 11 is 5.86. The SMILES string of the molecule is CCNC(Cc1ccc(C)cc1)Cc1cccc(Cl)c1F. The van der Waals surface area contributed by atoms with Crippen molar-refractivity contribution in [3.05, 3.63) is 70.0 Å². The molecule has 0 aliphatic carbocycles. The first-order chi connectivity index (χ1) is 10.1. The van der Waals surface area contributed by atoms with Crippen molar-refractivity contribution < 1.29 is 4.39 Å². The van der Waals surface area contributed by atoms with Crippen LogP contribution in [0.1, 0.15) is 23.6 Å². The number of rotatable bonds is 6. The third-order valence-corrected chi connectivity index (χ3v) is 3.89. The van der Waals surface area contributed by atoms with Gasteiger partial charge in [-0.3, -0.25) is 0 Å². The number of nitrogens with one attached hydrogen (secondary N) is 1. The van der Waals surface area contributed by atoms with Gasteiger partial charge in [0.05, 0.1) is 5.02 Å². The minimum Gasteiger partial charge on any atom is -0.314 e. The average molecular weight is 306 g/mol. The van der Waals surface area contributed by atoms with Gasteiger partial charge in [-0.15, -0.1) is 0 Å². The van der Waals surface area contributed by atoms with E-state index >= 15 is 0 Å². The molecule has 0 aromatic heterocycles. The summed E-state index contributed by atoms with van der Waals surface area (Å²) in [5, 5.41) is 3.62. The van der Waals surface area contributed by atoms with Crippen LogP contribution in [0.3, 0.4) is 0 Å². The second-order valence-corrected chi connectivity index (χ2v) is 5.77. The first kappa shape index (κ1) is 16.0. The van der Waals surface area contributed by atoms with E-state index in [1.54, 1.807) is 18.2 Å². The van der Waals surface area contributed by atoms with Crippen LogP contribution >= 0.6 is 11.6 Å². The van der Waals surface area contributed by atoms with Gasteiger partial charge in [-0.2, -0.15) is 0 Å². The summed E-state index contributed by atoms with van der Waals surface area (Å²) in [4.78, 5) is 0. The molecule has 1 atom stereocenters. The van der Waals surface area contributed by atoms with Gasteiger partial charge in [0.15, 0.2) is 0 Å². The molecule has 0 amide bonds. The highest BCUT2D eigenvalue weighted by atomic mass is 35.5. The molecule has 2 rings (SSSR count). The smallest absolute Gasteiger partial charge is 0.145 e. The molecule has 0 radical (unpaired) electrons. The van der Waals surface area contributed by atoms with Crippen molar-refractivity contribution in [2.24, 2.45) is 0 Å². The normalized spacial score (nSPS) is 12.4. The first-order valence-electron chi connectivity index (χ1n) is 7.32. The van der Waals surface area contributed by atoms with E-state index in [9.17, 15) is 4.39 Å². The number of hydrogen-bond donors (Lipinski definition) is 1. The van der Waals surface area contributed by atoms with Crippen molar-refractivity contribution in [3.8, 4) is 0 Å². The highest BCUT2D eigenvalue weighted by Gasteiger charge is 2.14. The maximum absolute atomic E-state index is 14.0. The molecule has 0 aliphatic rings. The number of halogens is 2. The topological polar surface area (TPSA) is 12.0 Å². The van der Waals surface area contributed by atoms with Crippen LogP contribution in [-0.4, -0.2) is 12.6 Å². The Labute approximate surface area is 131 Å². The summed E-state index contributed by atoms with van der Waals surface area (Å²) in [5.74, 6) is -0.300. The fraction of sp³-hybridized carbons (Fsp3) is 0.333. The Kier molecular flexibility index (Phi) is 5.77. The molecular formula is C18H21ClFN. The largest absolute Gasteiger partial charge is 0.314 e. The molecule has 0 spiro atoms. The van der Waals surface area contributed by atoms with Crippen LogP contribution in [0.4, 0.5) is 4.39 Å². The van der Waals surface area contributed by atoms with Crippen molar-refractivity contribution >= 4 is 11.6 Å². The fourth-order valence-electron chi connectivity index (χ4n) is 2.49. The highest BCUT2D eigenvalue weighted by molar-refractivity contribution is 6.30. The van der Waals surface area contributed by atoms with Crippen LogP contribution in [0.25, 0.3) is 0 Å². The lowest BCUT2D eigenvalue weighted by Crippen LogP contribution is -2.33. The Bertz CT molecular complexity index is 580. The molecule has 2 aromatic carbocycles. The van der Waals surface area contributed by atoms with Gasteiger partial charge in [-0.1, -0.05) is 60.5 Å². The zero-order valence-corrected chi connectivity index (χ0v) is 13.3. The molecule has 0 heterocycles. The van der Waals surface area contributed by atoms with Crippen LogP contribution < -0.4 is 5.32 Å². The van der Waals surface area contributed by atoms with Crippen molar-refractivity contribution in [1.82, 2.24) is 5.32 Å². The Morgan fingerprint density at radius 1 is 1.10 bits per heavy atom. The van der Waals surface area contributed by atoms with Gasteiger partial charge >= 0.3 is 0 Å². The lowest BCUT2D eigenvalue weighted by molar-refractivity contribution is 0.506. The van der Waals surface area contributed by atoms with Gasteiger partial charge in [0.1, 0.15) is 5.82 Å². The first-order valence-corrected chi connectivity index (χ1v) is 7.69. The molecular weight excluding hydrogens is 285 g/mol. The summed E-state index contributed by atoms with van der Waals surface area (Å²) in [6.07, 6.45) is 1.51. The van der Waals surface area contributed by atoms with E-state index in [0.717, 1.165) is 13.0 Å². The van der Waals surface area contributed by atoms with Crippen LogP contribution in [-0.2, 0) is 12.8 Å². The van der Waals surface area contributed by atoms with Crippen molar-refractivity contribution in [3.63, 3.8) is 0 Å². The lowest BCUT2D eigenvalue weighted by Gasteiger charge is -2.19. The summed E-state index contributed by atoms with van der Waals surface area (Å²) in [7, 11) is 0. The van der Waals surface area contributed by atoms with Gasteiger partial charge in [-0.05, 0) is 43.5 Å². The van der Waals surface area contributed by atoms with Crippen LogP contribution in [0, 0.1) is 12.7 Å². The molecule has 0 aliphatic heterocycles. The zero-order chi connectivity index (χ0) is 15.2. The van der Waals surface area contributed by atoms with Crippen molar-refractivity contribution in [2.45, 2.75) is 32.7 Å². The molecule has 1 N–H and O–H groups in total. The monoisotopic (exact) mass is 305 g/mol. The maximum atomic E-state index is 14.0. The van der Waals surface area contributed by atoms with Gasteiger partial charge in [-0.25, -0.2) is 4.39 Å². The van der Waals surface area contributed by atoms with Gasteiger partial charge < -0.3 is 5.32 Å². The molecule has 0 saturated heterocycles. The third-order valence-electron chi connectivity index (χ3n) is 3.59. The number of benzene rings is 2. The highest BCUT2D eigenvalue weighted by Crippen LogP contribution is 2.20. The van der Waals surface area contributed by atoms with Crippen LogP contribution in [0.5, 0.6) is 0 Å². The summed E-state index contributed by atoms with van der Waals surface area (Å²) < 4.78 is 14.0. The van der Waals surface area contributed by atoms with E-state index in [4.69, 9.17) is 11.6 Å². The van der Waals surface area contributed by atoms with Crippen molar-refractivity contribution in [2.75, 3.05) is 6.54 Å². The fourth-order valence-corrected chi connectivity index (χ4v) is 2.68. The minimum atomic E-state index is -0.300. The Balaban J connectivity index is 2.11. The van der Waals surface area contributed by atoms with Crippen LogP contribution in [0.2, 0.25) is 5.02 Å². The average Bonchev–Trinajstić information content (AvgIpc) is 2.46. The zero-order valence-electron chi connectivity index (χ0n) is 12.5. The Hall–Kier alpha value is -1.38. The molecule has 0 saturated carbocycles. The molecule has 1 nitrogen and oxygen atoms in total. The number of likely N-dealkylation sites (N-methyl/N-ethyl adjacent to an activating group) is 1. The predicted octanol–water partition coefficient (Wildman–Crippen LogP) is 4.55. The quantitative estimate of drug-likeness (QED) is 0.825. The molecule has 112 valence electrons. The minimum absolute atomic E-state index is 0.193. The Morgan fingerprint density at radius 2 is 1.81 bits per heavy atom. The molecule has 1 unspecified atom stereocenters. The van der Waals surface area contributed by atoms with E-state index in [2.05, 4.69) is 43.4 Å². The summed E-state index contributed by atoms with van der Waals surface area (Å²) in [6.45, 7) is 5.00.